The number of carbonyl (C=O) groups excluding carboxylic acids is 1. The van der Waals surface area contributed by atoms with E-state index in [0.717, 1.165) is 12.8 Å². The summed E-state index contributed by atoms with van der Waals surface area (Å²) in [7, 11) is 0. The van der Waals surface area contributed by atoms with Gasteiger partial charge in [-0.05, 0) is 19.3 Å². The first-order valence-electron chi connectivity index (χ1n) is 6.27. The monoisotopic (exact) mass is 244 g/mol. The average Bonchev–Trinajstić information content (AvgIpc) is 2.31. The Morgan fingerprint density at radius 3 is 2.12 bits per heavy atom. The molecule has 0 saturated carbocycles. The molecule has 0 fully saturated rings. The molecular formula is C12H24N2O3. The molecule has 2 amide bonds. The Morgan fingerprint density at radius 2 is 1.71 bits per heavy atom. The molecule has 0 bridgehead atoms. The van der Waals surface area contributed by atoms with E-state index in [4.69, 9.17) is 0 Å². The summed E-state index contributed by atoms with van der Waals surface area (Å²) in [6.07, 6.45) is 2.96. The SMILES string of the molecule is CCCCNC(=O)NCC(CC)(CC)C(=O)O. The van der Waals surface area contributed by atoms with Gasteiger partial charge in [-0.25, -0.2) is 4.79 Å². The van der Waals surface area contributed by atoms with Crippen LogP contribution in [0.4, 0.5) is 4.79 Å². The van der Waals surface area contributed by atoms with E-state index in [0.29, 0.717) is 19.4 Å². The maximum Gasteiger partial charge on any atom is 0.314 e. The Labute approximate surface area is 103 Å². The first-order chi connectivity index (χ1) is 8.02. The second-order valence-electron chi connectivity index (χ2n) is 4.26. The van der Waals surface area contributed by atoms with Crippen molar-refractivity contribution in [2.75, 3.05) is 13.1 Å². The van der Waals surface area contributed by atoms with E-state index >= 15 is 0 Å². The van der Waals surface area contributed by atoms with Gasteiger partial charge in [0.05, 0.1) is 5.41 Å². The van der Waals surface area contributed by atoms with Crippen molar-refractivity contribution in [3.05, 3.63) is 0 Å². The molecule has 0 rings (SSSR count). The lowest BCUT2D eigenvalue weighted by molar-refractivity contribution is -0.149. The molecule has 0 unspecified atom stereocenters. The molecule has 0 aliphatic rings. The fraction of sp³-hybridized carbons (Fsp3) is 0.833. The fourth-order valence-electron chi connectivity index (χ4n) is 1.57. The Hall–Kier alpha value is -1.26. The van der Waals surface area contributed by atoms with Gasteiger partial charge in [0, 0.05) is 13.1 Å². The molecule has 0 saturated heterocycles. The van der Waals surface area contributed by atoms with E-state index < -0.39 is 11.4 Å². The van der Waals surface area contributed by atoms with E-state index in [-0.39, 0.29) is 12.6 Å². The summed E-state index contributed by atoms with van der Waals surface area (Å²) in [4.78, 5) is 22.6. The van der Waals surface area contributed by atoms with Gasteiger partial charge in [-0.15, -0.1) is 0 Å². The van der Waals surface area contributed by atoms with Gasteiger partial charge in [0.25, 0.3) is 0 Å². The third-order valence-corrected chi connectivity index (χ3v) is 3.21. The van der Waals surface area contributed by atoms with Crippen molar-refractivity contribution < 1.29 is 14.7 Å². The molecule has 0 aromatic carbocycles. The predicted octanol–water partition coefficient (Wildman–Crippen LogP) is 1.98. The van der Waals surface area contributed by atoms with Crippen molar-refractivity contribution in [2.45, 2.75) is 46.5 Å². The minimum Gasteiger partial charge on any atom is -0.481 e. The molecule has 0 radical (unpaired) electrons. The molecule has 0 atom stereocenters. The van der Waals surface area contributed by atoms with Crippen LogP contribution in [-0.2, 0) is 4.79 Å². The second-order valence-corrected chi connectivity index (χ2v) is 4.26. The van der Waals surface area contributed by atoms with E-state index in [1.807, 2.05) is 20.8 Å². The molecule has 0 spiro atoms. The quantitative estimate of drug-likeness (QED) is 0.571. The molecule has 0 aliphatic heterocycles. The predicted molar refractivity (Wildman–Crippen MR) is 67.0 cm³/mol. The van der Waals surface area contributed by atoms with Gasteiger partial charge in [0.2, 0.25) is 0 Å². The minimum absolute atomic E-state index is 0.174. The Balaban J connectivity index is 4.13. The third kappa shape index (κ3) is 5.06. The average molecular weight is 244 g/mol. The Morgan fingerprint density at radius 1 is 1.12 bits per heavy atom. The third-order valence-electron chi connectivity index (χ3n) is 3.21. The number of carbonyl (C=O) groups is 2. The molecule has 17 heavy (non-hydrogen) atoms. The zero-order valence-electron chi connectivity index (χ0n) is 11.0. The summed E-state index contributed by atoms with van der Waals surface area (Å²) in [5.74, 6) is -0.851. The van der Waals surface area contributed by atoms with E-state index in [2.05, 4.69) is 10.6 Å². The number of hydrogen-bond donors (Lipinski definition) is 3. The normalized spacial score (nSPS) is 11.0. The molecule has 0 aromatic heterocycles. The molecule has 5 nitrogen and oxygen atoms in total. The van der Waals surface area contributed by atoms with Crippen molar-refractivity contribution in [3.63, 3.8) is 0 Å². The van der Waals surface area contributed by atoms with Crippen molar-refractivity contribution in [1.29, 1.82) is 0 Å². The highest BCUT2D eigenvalue weighted by Gasteiger charge is 2.34. The number of aliphatic carboxylic acids is 1. The highest BCUT2D eigenvalue weighted by Crippen LogP contribution is 2.25. The van der Waals surface area contributed by atoms with E-state index in [9.17, 15) is 14.7 Å². The van der Waals surface area contributed by atoms with Crippen LogP contribution in [0.2, 0.25) is 0 Å². The van der Waals surface area contributed by atoms with Gasteiger partial charge in [-0.1, -0.05) is 27.2 Å². The smallest absolute Gasteiger partial charge is 0.314 e. The summed E-state index contributed by atoms with van der Waals surface area (Å²) in [6.45, 7) is 6.50. The number of unbranched alkanes of at least 4 members (excludes halogenated alkanes) is 1. The van der Waals surface area contributed by atoms with Crippen molar-refractivity contribution >= 4 is 12.0 Å². The molecular weight excluding hydrogens is 220 g/mol. The number of carboxylic acid groups (broad SMARTS) is 1. The zero-order valence-corrected chi connectivity index (χ0v) is 11.0. The number of rotatable bonds is 8. The van der Waals surface area contributed by atoms with Gasteiger partial charge in [-0.3, -0.25) is 4.79 Å². The fourth-order valence-corrected chi connectivity index (χ4v) is 1.57. The van der Waals surface area contributed by atoms with Gasteiger partial charge in [0.15, 0.2) is 0 Å². The lowest BCUT2D eigenvalue weighted by Crippen LogP contribution is -2.46. The van der Waals surface area contributed by atoms with Gasteiger partial charge in [-0.2, -0.15) is 0 Å². The summed E-state index contributed by atoms with van der Waals surface area (Å²) < 4.78 is 0. The van der Waals surface area contributed by atoms with Crippen LogP contribution in [0.1, 0.15) is 46.5 Å². The van der Waals surface area contributed by atoms with Crippen LogP contribution in [0.5, 0.6) is 0 Å². The maximum absolute atomic E-state index is 11.4. The lowest BCUT2D eigenvalue weighted by atomic mass is 9.82. The molecule has 100 valence electrons. The molecule has 0 aromatic rings. The van der Waals surface area contributed by atoms with E-state index in [1.54, 1.807) is 0 Å². The number of amides is 2. The lowest BCUT2D eigenvalue weighted by Gasteiger charge is -2.26. The van der Waals surface area contributed by atoms with Crippen LogP contribution in [-0.4, -0.2) is 30.2 Å². The summed E-state index contributed by atoms with van der Waals surface area (Å²) >= 11 is 0. The first kappa shape index (κ1) is 15.7. The first-order valence-corrected chi connectivity index (χ1v) is 6.27. The number of nitrogens with one attached hydrogen (secondary N) is 2. The molecule has 5 heteroatoms. The van der Waals surface area contributed by atoms with Crippen LogP contribution in [0.15, 0.2) is 0 Å². The molecule has 3 N–H and O–H groups in total. The largest absolute Gasteiger partial charge is 0.481 e. The standard InChI is InChI=1S/C12H24N2O3/c1-4-7-8-13-11(17)14-9-12(5-2,6-3)10(15)16/h4-9H2,1-3H3,(H,15,16)(H2,13,14,17). The number of urea groups is 1. The van der Waals surface area contributed by atoms with Crippen LogP contribution in [0.3, 0.4) is 0 Å². The van der Waals surface area contributed by atoms with E-state index in [1.165, 1.54) is 0 Å². The second kappa shape index (κ2) is 7.92. The van der Waals surface area contributed by atoms with Crippen LogP contribution in [0, 0.1) is 5.41 Å². The van der Waals surface area contributed by atoms with Gasteiger partial charge >= 0.3 is 12.0 Å². The summed E-state index contributed by atoms with van der Waals surface area (Å²) in [6, 6.07) is -0.286. The molecule has 0 heterocycles. The van der Waals surface area contributed by atoms with Crippen molar-refractivity contribution in [2.24, 2.45) is 5.41 Å². The van der Waals surface area contributed by atoms with Crippen LogP contribution >= 0.6 is 0 Å². The Bertz CT molecular complexity index is 250. The number of carboxylic acids is 1. The maximum atomic E-state index is 11.4. The minimum atomic E-state index is -0.851. The number of hydrogen-bond acceptors (Lipinski definition) is 2. The highest BCUT2D eigenvalue weighted by atomic mass is 16.4. The van der Waals surface area contributed by atoms with Crippen molar-refractivity contribution in [3.8, 4) is 0 Å². The Kier molecular flexibility index (Phi) is 7.34. The zero-order chi connectivity index (χ0) is 13.3. The van der Waals surface area contributed by atoms with Gasteiger partial charge < -0.3 is 15.7 Å². The van der Waals surface area contributed by atoms with Crippen LogP contribution in [0.25, 0.3) is 0 Å². The topological polar surface area (TPSA) is 78.4 Å². The molecule has 0 aliphatic carbocycles. The van der Waals surface area contributed by atoms with Gasteiger partial charge in [0.1, 0.15) is 0 Å². The summed E-state index contributed by atoms with van der Waals surface area (Å²) in [5.41, 5.74) is -0.845. The van der Waals surface area contributed by atoms with Crippen LogP contribution < -0.4 is 10.6 Å². The summed E-state index contributed by atoms with van der Waals surface area (Å²) in [5, 5.41) is 14.5. The highest BCUT2D eigenvalue weighted by molar-refractivity contribution is 5.78. The van der Waals surface area contributed by atoms with Crippen molar-refractivity contribution in [1.82, 2.24) is 10.6 Å².